The number of carbonyl (C=O) groups excluding carboxylic acids is 1. The van der Waals surface area contributed by atoms with Crippen molar-refractivity contribution in [3.63, 3.8) is 0 Å². The zero-order valence-corrected chi connectivity index (χ0v) is 14.6. The molecule has 1 aromatic rings. The third-order valence-corrected chi connectivity index (χ3v) is 4.92. The van der Waals surface area contributed by atoms with Crippen LogP contribution in [0.1, 0.15) is 18.4 Å². The summed E-state index contributed by atoms with van der Waals surface area (Å²) in [4.78, 5) is 27.0. The fourth-order valence-electron chi connectivity index (χ4n) is 3.49. The van der Waals surface area contributed by atoms with Crippen LogP contribution in [0.3, 0.4) is 0 Å². The van der Waals surface area contributed by atoms with Crippen LogP contribution in [0.2, 0.25) is 0 Å². The van der Waals surface area contributed by atoms with Gasteiger partial charge in [0, 0.05) is 18.7 Å². The van der Waals surface area contributed by atoms with E-state index in [1.165, 1.54) is 0 Å². The van der Waals surface area contributed by atoms with E-state index in [0.717, 1.165) is 11.3 Å². The Morgan fingerprint density at radius 1 is 1.27 bits per heavy atom. The fourth-order valence-corrected chi connectivity index (χ4v) is 3.49. The summed E-state index contributed by atoms with van der Waals surface area (Å²) in [5.74, 6) is -0.885. The van der Waals surface area contributed by atoms with E-state index in [9.17, 15) is 9.59 Å². The second kappa shape index (κ2) is 7.74. The quantitative estimate of drug-likeness (QED) is 0.519. The Kier molecular flexibility index (Phi) is 5.41. The number of hydrogen-bond acceptors (Lipinski definition) is 5. The second-order valence-electron chi connectivity index (χ2n) is 6.90. The number of amidine groups is 1. The lowest BCUT2D eigenvalue weighted by atomic mass is 9.97. The molecule has 0 unspecified atom stereocenters. The number of amides is 1. The van der Waals surface area contributed by atoms with Crippen LogP contribution >= 0.6 is 0 Å². The molecule has 4 N–H and O–H groups in total. The normalized spacial score (nSPS) is 21.6. The number of nitrogens with two attached hydrogens (primary N) is 1. The van der Waals surface area contributed by atoms with Gasteiger partial charge in [-0.2, -0.15) is 0 Å². The van der Waals surface area contributed by atoms with Gasteiger partial charge in [-0.1, -0.05) is 12.1 Å². The highest BCUT2D eigenvalue weighted by molar-refractivity contribution is 5.89. The van der Waals surface area contributed by atoms with Crippen LogP contribution in [0.25, 0.3) is 0 Å². The zero-order chi connectivity index (χ0) is 18.7. The van der Waals surface area contributed by atoms with Crippen molar-refractivity contribution in [2.45, 2.75) is 25.4 Å². The number of likely N-dealkylation sites (tertiary alicyclic amines) is 1. The van der Waals surface area contributed by atoms with E-state index in [4.69, 9.17) is 21.0 Å². The average molecular weight is 360 g/mol. The maximum atomic E-state index is 12.2. The van der Waals surface area contributed by atoms with Crippen molar-refractivity contribution in [1.82, 2.24) is 4.90 Å². The van der Waals surface area contributed by atoms with Gasteiger partial charge in [0.15, 0.2) is 0 Å². The van der Waals surface area contributed by atoms with Crippen molar-refractivity contribution in [3.05, 3.63) is 29.8 Å². The Hall–Kier alpha value is -2.61. The first kappa shape index (κ1) is 18.2. The number of carboxylic acids is 1. The van der Waals surface area contributed by atoms with Crippen molar-refractivity contribution in [2.75, 3.05) is 31.1 Å². The molecule has 0 saturated carbocycles. The number of aliphatic carboxylic acids is 1. The summed E-state index contributed by atoms with van der Waals surface area (Å²) in [6, 6.07) is 7.38. The number of benzene rings is 1. The van der Waals surface area contributed by atoms with Crippen LogP contribution in [0, 0.1) is 11.3 Å². The first-order chi connectivity index (χ1) is 12.4. The third kappa shape index (κ3) is 4.32. The monoisotopic (exact) mass is 360 g/mol. The Morgan fingerprint density at radius 2 is 1.92 bits per heavy atom. The van der Waals surface area contributed by atoms with Crippen molar-refractivity contribution >= 4 is 23.6 Å². The van der Waals surface area contributed by atoms with Gasteiger partial charge < -0.3 is 15.6 Å². The van der Waals surface area contributed by atoms with Gasteiger partial charge in [0.2, 0.25) is 0 Å². The van der Waals surface area contributed by atoms with Crippen LogP contribution in [0.4, 0.5) is 10.5 Å². The topological polar surface area (TPSA) is 120 Å². The predicted octanol–water partition coefficient (Wildman–Crippen LogP) is 1.29. The number of ether oxygens (including phenoxy) is 1. The summed E-state index contributed by atoms with van der Waals surface area (Å²) >= 11 is 0. The molecule has 0 radical (unpaired) electrons. The number of carboxylic acid groups (broad SMARTS) is 1. The summed E-state index contributed by atoms with van der Waals surface area (Å²) < 4.78 is 5.48. The van der Waals surface area contributed by atoms with Gasteiger partial charge in [-0.05, 0) is 43.6 Å². The van der Waals surface area contributed by atoms with Crippen LogP contribution in [0.15, 0.2) is 24.3 Å². The zero-order valence-electron chi connectivity index (χ0n) is 14.6. The first-order valence-corrected chi connectivity index (χ1v) is 8.77. The van der Waals surface area contributed by atoms with E-state index in [0.29, 0.717) is 45.4 Å². The maximum Gasteiger partial charge on any atom is 0.414 e. The number of piperidine rings is 1. The minimum atomic E-state index is -0.726. The molecule has 2 aliphatic rings. The molecule has 2 aliphatic heterocycles. The van der Waals surface area contributed by atoms with Crippen LogP contribution in [-0.4, -0.2) is 60.2 Å². The Morgan fingerprint density at radius 3 is 2.50 bits per heavy atom. The van der Waals surface area contributed by atoms with Crippen molar-refractivity contribution < 1.29 is 19.4 Å². The number of cyclic esters (lactones) is 1. The number of hydrogen-bond donors (Lipinski definition) is 3. The third-order valence-electron chi connectivity index (χ3n) is 4.92. The van der Waals surface area contributed by atoms with Crippen molar-refractivity contribution in [2.24, 2.45) is 11.7 Å². The number of anilines is 1. The molecule has 0 aromatic heterocycles. The standard InChI is InChI=1S/C18H24N4O4/c19-16(20)9-12-1-3-14(4-2-12)22-11-15(26-18(22)25)10-21-7-5-13(6-8-21)17(23)24/h1-4,13,15H,5-11H2,(H3,19,20)(H,23,24)/t15-/m1/s1. The predicted molar refractivity (Wildman–Crippen MR) is 96.5 cm³/mol. The minimum Gasteiger partial charge on any atom is -0.481 e. The fraction of sp³-hybridized carbons (Fsp3) is 0.500. The van der Waals surface area contributed by atoms with Crippen LogP contribution in [-0.2, 0) is 16.0 Å². The largest absolute Gasteiger partial charge is 0.481 e. The Bertz CT molecular complexity index is 683. The molecular formula is C18H24N4O4. The highest BCUT2D eigenvalue weighted by Crippen LogP contribution is 2.24. The van der Waals surface area contributed by atoms with Crippen molar-refractivity contribution in [3.8, 4) is 0 Å². The number of nitrogens with one attached hydrogen (secondary N) is 1. The molecule has 2 fully saturated rings. The summed E-state index contributed by atoms with van der Waals surface area (Å²) in [5, 5.41) is 16.4. The van der Waals surface area contributed by atoms with Gasteiger partial charge in [0.05, 0.1) is 18.3 Å². The van der Waals surface area contributed by atoms with Gasteiger partial charge >= 0.3 is 12.1 Å². The van der Waals surface area contributed by atoms with Crippen molar-refractivity contribution in [1.29, 1.82) is 5.41 Å². The lowest BCUT2D eigenvalue weighted by Crippen LogP contribution is -2.41. The summed E-state index contributed by atoms with van der Waals surface area (Å²) in [7, 11) is 0. The molecule has 1 amide bonds. The summed E-state index contributed by atoms with van der Waals surface area (Å²) in [6.45, 7) is 2.52. The molecule has 3 rings (SSSR count). The van der Waals surface area contributed by atoms with Gasteiger partial charge in [-0.25, -0.2) is 4.79 Å². The SMILES string of the molecule is N=C(N)Cc1ccc(N2C[C@@H](CN3CCC(C(=O)O)CC3)OC2=O)cc1. The lowest BCUT2D eigenvalue weighted by molar-refractivity contribution is -0.143. The minimum absolute atomic E-state index is 0.102. The highest BCUT2D eigenvalue weighted by atomic mass is 16.6. The Balaban J connectivity index is 1.54. The Labute approximate surface area is 152 Å². The van der Waals surface area contributed by atoms with Crippen LogP contribution in [0.5, 0.6) is 0 Å². The molecular weight excluding hydrogens is 336 g/mol. The van der Waals surface area contributed by atoms with E-state index in [1.807, 2.05) is 24.3 Å². The van der Waals surface area contributed by atoms with Gasteiger partial charge in [0.25, 0.3) is 0 Å². The number of carbonyl (C=O) groups is 2. The molecule has 0 aliphatic carbocycles. The molecule has 26 heavy (non-hydrogen) atoms. The number of rotatable bonds is 6. The van der Waals surface area contributed by atoms with E-state index in [2.05, 4.69) is 4.90 Å². The van der Waals surface area contributed by atoms with E-state index in [1.54, 1.807) is 4.90 Å². The average Bonchev–Trinajstić information content (AvgIpc) is 2.96. The first-order valence-electron chi connectivity index (χ1n) is 8.77. The second-order valence-corrected chi connectivity index (χ2v) is 6.90. The number of nitrogens with zero attached hydrogens (tertiary/aromatic N) is 2. The summed E-state index contributed by atoms with van der Waals surface area (Å²) in [5.41, 5.74) is 7.08. The van der Waals surface area contributed by atoms with E-state index < -0.39 is 5.97 Å². The molecule has 8 nitrogen and oxygen atoms in total. The summed E-state index contributed by atoms with van der Waals surface area (Å²) in [6.07, 6.45) is 1.07. The molecule has 1 aromatic carbocycles. The van der Waals surface area contributed by atoms with Crippen LogP contribution < -0.4 is 10.6 Å². The smallest absolute Gasteiger partial charge is 0.414 e. The molecule has 2 saturated heterocycles. The molecule has 0 bridgehead atoms. The van der Waals surface area contributed by atoms with Gasteiger partial charge in [-0.15, -0.1) is 0 Å². The van der Waals surface area contributed by atoms with E-state index >= 15 is 0 Å². The molecule has 2 heterocycles. The molecule has 1 atom stereocenters. The maximum absolute atomic E-state index is 12.2. The van der Waals surface area contributed by atoms with Gasteiger partial charge in [-0.3, -0.25) is 20.0 Å². The molecule has 8 heteroatoms. The van der Waals surface area contributed by atoms with Gasteiger partial charge in [0.1, 0.15) is 6.10 Å². The highest BCUT2D eigenvalue weighted by Gasteiger charge is 2.34. The van der Waals surface area contributed by atoms with E-state index in [-0.39, 0.29) is 24.0 Å². The lowest BCUT2D eigenvalue weighted by Gasteiger charge is -2.31. The molecule has 0 spiro atoms. The molecule has 140 valence electrons.